The molecule has 1 aliphatic rings. The van der Waals surface area contributed by atoms with Gasteiger partial charge in [-0.2, -0.15) is 0 Å². The minimum atomic E-state index is 0. The summed E-state index contributed by atoms with van der Waals surface area (Å²) in [6.07, 6.45) is 3.70. The summed E-state index contributed by atoms with van der Waals surface area (Å²) in [5.41, 5.74) is 8.11. The molecule has 1 unspecified atom stereocenters. The number of carbonyl (C=O) groups excluding carboxylic acids is 1. The molecule has 2 rings (SSSR count). The van der Waals surface area contributed by atoms with Gasteiger partial charge in [0.25, 0.3) is 0 Å². The van der Waals surface area contributed by atoms with Crippen molar-refractivity contribution in [3.05, 3.63) is 29.3 Å². The lowest BCUT2D eigenvalue weighted by Crippen LogP contribution is -2.47. The number of ether oxygens (including phenoxy) is 1. The van der Waals surface area contributed by atoms with E-state index < -0.39 is 0 Å². The van der Waals surface area contributed by atoms with Gasteiger partial charge < -0.3 is 15.4 Å². The van der Waals surface area contributed by atoms with Crippen molar-refractivity contribution >= 4 is 18.3 Å². The van der Waals surface area contributed by atoms with Crippen LogP contribution in [-0.2, 0) is 4.79 Å². The number of nitrogens with zero attached hydrogens (tertiary/aromatic N) is 1. The number of halogens is 1. The standard InChI is InChI=1S/C17H26N2O2.ClH/c1-13-6-5-8-16(14(13)2)21-11-9-17(20)19-10-4-3-7-15(19)12-18;/h5-6,8,15H,3-4,7,9-12,18H2,1-2H3;1H. The lowest BCUT2D eigenvalue weighted by atomic mass is 10.0. The van der Waals surface area contributed by atoms with Gasteiger partial charge in [0.05, 0.1) is 13.0 Å². The van der Waals surface area contributed by atoms with E-state index in [1.54, 1.807) is 0 Å². The fourth-order valence-electron chi connectivity index (χ4n) is 2.85. The van der Waals surface area contributed by atoms with Crippen molar-refractivity contribution in [2.24, 2.45) is 5.73 Å². The van der Waals surface area contributed by atoms with Crippen molar-refractivity contribution in [2.45, 2.75) is 45.6 Å². The molecule has 1 saturated heterocycles. The molecule has 124 valence electrons. The molecule has 0 bridgehead atoms. The highest BCUT2D eigenvalue weighted by molar-refractivity contribution is 5.85. The maximum absolute atomic E-state index is 12.3. The van der Waals surface area contributed by atoms with Gasteiger partial charge in [0, 0.05) is 19.1 Å². The number of likely N-dealkylation sites (tertiary alicyclic amines) is 1. The smallest absolute Gasteiger partial charge is 0.226 e. The Hall–Kier alpha value is -1.26. The van der Waals surface area contributed by atoms with E-state index in [2.05, 4.69) is 13.0 Å². The molecule has 1 heterocycles. The number of piperidine rings is 1. The number of benzene rings is 1. The van der Waals surface area contributed by atoms with Crippen LogP contribution in [0.2, 0.25) is 0 Å². The molecule has 1 amide bonds. The van der Waals surface area contributed by atoms with Crippen molar-refractivity contribution in [3.8, 4) is 5.75 Å². The molecule has 0 aromatic heterocycles. The summed E-state index contributed by atoms with van der Waals surface area (Å²) in [6, 6.07) is 6.21. The fraction of sp³-hybridized carbons (Fsp3) is 0.588. The minimum Gasteiger partial charge on any atom is -0.493 e. The van der Waals surface area contributed by atoms with E-state index >= 15 is 0 Å². The van der Waals surface area contributed by atoms with Crippen LogP contribution in [0.4, 0.5) is 0 Å². The largest absolute Gasteiger partial charge is 0.493 e. The first-order chi connectivity index (χ1) is 10.1. The Bertz CT molecular complexity index is 494. The third kappa shape index (κ3) is 4.62. The average Bonchev–Trinajstić information content (AvgIpc) is 2.51. The molecular weight excluding hydrogens is 300 g/mol. The highest BCUT2D eigenvalue weighted by Gasteiger charge is 2.25. The zero-order valence-electron chi connectivity index (χ0n) is 13.5. The van der Waals surface area contributed by atoms with Crippen LogP contribution in [0.5, 0.6) is 5.75 Å². The number of carbonyl (C=O) groups is 1. The van der Waals surface area contributed by atoms with E-state index in [1.807, 2.05) is 24.0 Å². The first-order valence-electron chi connectivity index (χ1n) is 7.82. The van der Waals surface area contributed by atoms with E-state index in [0.29, 0.717) is 19.6 Å². The Labute approximate surface area is 139 Å². The first kappa shape index (κ1) is 18.8. The molecule has 0 radical (unpaired) electrons. The van der Waals surface area contributed by atoms with E-state index in [-0.39, 0.29) is 24.4 Å². The molecular formula is C17H27ClN2O2. The van der Waals surface area contributed by atoms with Crippen LogP contribution in [0.1, 0.15) is 36.8 Å². The van der Waals surface area contributed by atoms with Crippen LogP contribution in [0.3, 0.4) is 0 Å². The number of aryl methyl sites for hydroxylation is 1. The van der Waals surface area contributed by atoms with Gasteiger partial charge in [0.2, 0.25) is 5.91 Å². The Morgan fingerprint density at radius 2 is 2.14 bits per heavy atom. The van der Waals surface area contributed by atoms with Crippen molar-refractivity contribution < 1.29 is 9.53 Å². The predicted molar refractivity (Wildman–Crippen MR) is 91.7 cm³/mol. The van der Waals surface area contributed by atoms with Crippen molar-refractivity contribution in [2.75, 3.05) is 19.7 Å². The molecule has 1 aromatic carbocycles. The molecule has 22 heavy (non-hydrogen) atoms. The van der Waals surface area contributed by atoms with Crippen LogP contribution in [0, 0.1) is 13.8 Å². The normalized spacial score (nSPS) is 17.8. The van der Waals surface area contributed by atoms with Gasteiger partial charge in [-0.25, -0.2) is 0 Å². The second-order valence-electron chi connectivity index (χ2n) is 5.77. The topological polar surface area (TPSA) is 55.6 Å². The van der Waals surface area contributed by atoms with E-state index in [9.17, 15) is 4.79 Å². The highest BCUT2D eigenvalue weighted by Crippen LogP contribution is 2.21. The maximum atomic E-state index is 12.3. The summed E-state index contributed by atoms with van der Waals surface area (Å²) in [5, 5.41) is 0. The van der Waals surface area contributed by atoms with Crippen LogP contribution in [0.25, 0.3) is 0 Å². The molecule has 1 fully saturated rings. The van der Waals surface area contributed by atoms with Crippen molar-refractivity contribution in [1.29, 1.82) is 0 Å². The zero-order chi connectivity index (χ0) is 15.2. The SMILES string of the molecule is Cc1cccc(OCCC(=O)N2CCCCC2CN)c1C.Cl. The fourth-order valence-corrected chi connectivity index (χ4v) is 2.85. The first-order valence-corrected chi connectivity index (χ1v) is 7.82. The average molecular weight is 327 g/mol. The monoisotopic (exact) mass is 326 g/mol. The predicted octanol–water partition coefficient (Wildman–Crippen LogP) is 2.83. The summed E-state index contributed by atoms with van der Waals surface area (Å²) in [7, 11) is 0. The lowest BCUT2D eigenvalue weighted by molar-refractivity contribution is -0.135. The van der Waals surface area contributed by atoms with Gasteiger partial charge in [-0.1, -0.05) is 12.1 Å². The number of amides is 1. The van der Waals surface area contributed by atoms with Crippen LogP contribution in [-0.4, -0.2) is 36.5 Å². The summed E-state index contributed by atoms with van der Waals surface area (Å²) >= 11 is 0. The van der Waals surface area contributed by atoms with Gasteiger partial charge in [0.15, 0.2) is 0 Å². The molecule has 1 aromatic rings. The quantitative estimate of drug-likeness (QED) is 0.905. The van der Waals surface area contributed by atoms with Gasteiger partial charge in [-0.15, -0.1) is 12.4 Å². The van der Waals surface area contributed by atoms with E-state index in [0.717, 1.165) is 30.7 Å². The molecule has 1 atom stereocenters. The second-order valence-corrected chi connectivity index (χ2v) is 5.77. The molecule has 2 N–H and O–H groups in total. The number of hydrogen-bond donors (Lipinski definition) is 1. The van der Waals surface area contributed by atoms with Crippen molar-refractivity contribution in [3.63, 3.8) is 0 Å². The Kier molecular flexibility index (Phi) is 7.69. The molecule has 0 aliphatic carbocycles. The molecule has 4 nitrogen and oxygen atoms in total. The van der Waals surface area contributed by atoms with Crippen LogP contribution < -0.4 is 10.5 Å². The van der Waals surface area contributed by atoms with Crippen LogP contribution >= 0.6 is 12.4 Å². The lowest BCUT2D eigenvalue weighted by Gasteiger charge is -2.35. The van der Waals surface area contributed by atoms with Gasteiger partial charge in [-0.3, -0.25) is 4.79 Å². The summed E-state index contributed by atoms with van der Waals surface area (Å²) < 4.78 is 5.77. The third-order valence-corrected chi connectivity index (χ3v) is 4.35. The third-order valence-electron chi connectivity index (χ3n) is 4.35. The summed E-state index contributed by atoms with van der Waals surface area (Å²) in [5.74, 6) is 1.03. The summed E-state index contributed by atoms with van der Waals surface area (Å²) in [6.45, 7) is 5.93. The molecule has 5 heteroatoms. The van der Waals surface area contributed by atoms with E-state index in [4.69, 9.17) is 10.5 Å². The van der Waals surface area contributed by atoms with Gasteiger partial charge >= 0.3 is 0 Å². The molecule has 0 spiro atoms. The molecule has 1 aliphatic heterocycles. The number of nitrogens with two attached hydrogens (primary N) is 1. The Morgan fingerprint density at radius 1 is 1.36 bits per heavy atom. The number of hydrogen-bond acceptors (Lipinski definition) is 3. The van der Waals surface area contributed by atoms with Crippen LogP contribution in [0.15, 0.2) is 18.2 Å². The van der Waals surface area contributed by atoms with Gasteiger partial charge in [0.1, 0.15) is 5.75 Å². The second kappa shape index (κ2) is 9.01. The Morgan fingerprint density at radius 3 is 2.86 bits per heavy atom. The minimum absolute atomic E-state index is 0. The zero-order valence-corrected chi connectivity index (χ0v) is 14.3. The highest BCUT2D eigenvalue weighted by atomic mass is 35.5. The van der Waals surface area contributed by atoms with E-state index in [1.165, 1.54) is 12.0 Å². The molecule has 0 saturated carbocycles. The van der Waals surface area contributed by atoms with Crippen molar-refractivity contribution in [1.82, 2.24) is 4.90 Å². The maximum Gasteiger partial charge on any atom is 0.226 e. The van der Waals surface area contributed by atoms with Gasteiger partial charge in [-0.05, 0) is 50.3 Å². The Balaban J connectivity index is 0.00000242. The number of rotatable bonds is 5. The summed E-state index contributed by atoms with van der Waals surface area (Å²) in [4.78, 5) is 14.2.